The average molecular weight is 405 g/mol. The van der Waals surface area contributed by atoms with Crippen LogP contribution in [0.4, 0.5) is 0 Å². The lowest BCUT2D eigenvalue weighted by atomic mass is 10.1. The van der Waals surface area contributed by atoms with E-state index in [1.54, 1.807) is 33.4 Å². The Balaban J connectivity index is 1.75. The summed E-state index contributed by atoms with van der Waals surface area (Å²) in [6, 6.07) is 14.9. The van der Waals surface area contributed by atoms with E-state index in [2.05, 4.69) is 15.3 Å². The van der Waals surface area contributed by atoms with Gasteiger partial charge >= 0.3 is 5.69 Å². The average Bonchev–Trinajstić information content (AvgIpc) is 3.37. The summed E-state index contributed by atoms with van der Waals surface area (Å²) in [6.07, 6.45) is 3.53. The summed E-state index contributed by atoms with van der Waals surface area (Å²) in [5.41, 5.74) is 1.79. The molecule has 0 saturated carbocycles. The van der Waals surface area contributed by atoms with Crippen LogP contribution in [0.25, 0.3) is 16.8 Å². The smallest absolute Gasteiger partial charge is 0.351 e. The molecule has 2 aromatic carbocycles. The van der Waals surface area contributed by atoms with Crippen molar-refractivity contribution in [3.05, 3.63) is 82.8 Å². The van der Waals surface area contributed by atoms with Crippen LogP contribution >= 0.6 is 0 Å². The van der Waals surface area contributed by atoms with Gasteiger partial charge in [-0.15, -0.1) is 5.10 Å². The number of nitrogens with zero attached hydrogens (tertiary/aromatic N) is 4. The Morgan fingerprint density at radius 2 is 1.90 bits per heavy atom. The molecular weight excluding hydrogens is 382 g/mol. The van der Waals surface area contributed by atoms with Crippen LogP contribution in [0.15, 0.2) is 65.7 Å². The van der Waals surface area contributed by atoms with E-state index >= 15 is 0 Å². The monoisotopic (exact) mass is 405 g/mol. The van der Waals surface area contributed by atoms with Crippen molar-refractivity contribution in [2.75, 3.05) is 7.11 Å². The first-order chi connectivity index (χ1) is 14.4. The van der Waals surface area contributed by atoms with E-state index in [9.17, 15) is 9.90 Å². The molecule has 0 saturated heterocycles. The highest BCUT2D eigenvalue weighted by atomic mass is 16.5. The predicted octanol–water partition coefficient (Wildman–Crippen LogP) is 2.71. The van der Waals surface area contributed by atoms with Crippen molar-refractivity contribution >= 4 is 0 Å². The molecule has 2 aromatic heterocycles. The SMILES string of the molecule is COc1cccc(Cn2c(C(C)(C)O)nn(-c3ccc(-c4cn[nH]c4)cc3)c2=O)c1. The Morgan fingerprint density at radius 1 is 1.13 bits per heavy atom. The number of nitrogens with one attached hydrogen (secondary N) is 1. The summed E-state index contributed by atoms with van der Waals surface area (Å²) < 4.78 is 8.07. The fourth-order valence-electron chi connectivity index (χ4n) is 3.32. The maximum Gasteiger partial charge on any atom is 0.351 e. The maximum absolute atomic E-state index is 13.2. The number of aromatic nitrogens is 5. The van der Waals surface area contributed by atoms with Gasteiger partial charge in [0.25, 0.3) is 0 Å². The molecule has 8 nitrogen and oxygen atoms in total. The van der Waals surface area contributed by atoms with Gasteiger partial charge in [0.2, 0.25) is 0 Å². The molecule has 2 heterocycles. The summed E-state index contributed by atoms with van der Waals surface area (Å²) in [4.78, 5) is 13.2. The number of methoxy groups -OCH3 is 1. The number of H-pyrrole nitrogens is 1. The van der Waals surface area contributed by atoms with Crippen molar-refractivity contribution in [1.82, 2.24) is 24.5 Å². The zero-order valence-electron chi connectivity index (χ0n) is 17.0. The number of benzene rings is 2. The summed E-state index contributed by atoms with van der Waals surface area (Å²) in [5.74, 6) is 0.988. The number of aromatic amines is 1. The van der Waals surface area contributed by atoms with Crippen LogP contribution < -0.4 is 10.4 Å². The Bertz CT molecular complexity index is 1200. The summed E-state index contributed by atoms with van der Waals surface area (Å²) in [7, 11) is 1.60. The fourth-order valence-corrected chi connectivity index (χ4v) is 3.32. The van der Waals surface area contributed by atoms with Crippen molar-refractivity contribution in [2.24, 2.45) is 0 Å². The molecule has 0 unspecified atom stereocenters. The Morgan fingerprint density at radius 3 is 2.53 bits per heavy atom. The van der Waals surface area contributed by atoms with Crippen molar-refractivity contribution in [1.29, 1.82) is 0 Å². The van der Waals surface area contributed by atoms with E-state index in [1.165, 1.54) is 9.25 Å². The highest BCUT2D eigenvalue weighted by Crippen LogP contribution is 2.22. The number of aliphatic hydroxyl groups is 1. The normalized spacial score (nSPS) is 11.6. The van der Waals surface area contributed by atoms with Crippen molar-refractivity contribution in [3.8, 4) is 22.6 Å². The minimum absolute atomic E-state index is 0.266. The molecule has 0 aliphatic heterocycles. The van der Waals surface area contributed by atoms with E-state index in [-0.39, 0.29) is 18.1 Å². The summed E-state index contributed by atoms with van der Waals surface area (Å²) in [6.45, 7) is 3.49. The number of ether oxygens (including phenoxy) is 1. The van der Waals surface area contributed by atoms with Gasteiger partial charge in [0, 0.05) is 11.8 Å². The van der Waals surface area contributed by atoms with Crippen molar-refractivity contribution in [3.63, 3.8) is 0 Å². The second kappa shape index (κ2) is 7.64. The molecule has 154 valence electrons. The molecule has 0 spiro atoms. The summed E-state index contributed by atoms with van der Waals surface area (Å²) in [5, 5.41) is 21.8. The van der Waals surface area contributed by atoms with E-state index < -0.39 is 5.60 Å². The standard InChI is InChI=1S/C22H23N5O3/c1-22(2,29)20-25-27(18-9-7-16(8-10-18)17-12-23-24-13-17)21(28)26(20)14-15-5-4-6-19(11-15)30-3/h4-13,29H,14H2,1-3H3,(H,23,24). The van der Waals surface area contributed by atoms with E-state index in [0.717, 1.165) is 16.7 Å². The van der Waals surface area contributed by atoms with Gasteiger partial charge in [-0.2, -0.15) is 9.78 Å². The Kier molecular flexibility index (Phi) is 5.01. The molecule has 30 heavy (non-hydrogen) atoms. The zero-order valence-corrected chi connectivity index (χ0v) is 17.0. The van der Waals surface area contributed by atoms with Crippen molar-refractivity contribution in [2.45, 2.75) is 26.0 Å². The van der Waals surface area contributed by atoms with E-state index in [4.69, 9.17) is 4.74 Å². The maximum atomic E-state index is 13.2. The molecule has 0 atom stereocenters. The third kappa shape index (κ3) is 3.77. The third-order valence-corrected chi connectivity index (χ3v) is 4.83. The second-order valence-corrected chi connectivity index (χ2v) is 7.55. The van der Waals surface area contributed by atoms with Gasteiger partial charge in [-0.05, 0) is 49.2 Å². The first-order valence-electron chi connectivity index (χ1n) is 9.52. The highest BCUT2D eigenvalue weighted by molar-refractivity contribution is 5.62. The molecule has 0 amide bonds. The molecule has 0 fully saturated rings. The third-order valence-electron chi connectivity index (χ3n) is 4.83. The summed E-state index contributed by atoms with van der Waals surface area (Å²) >= 11 is 0. The molecule has 0 radical (unpaired) electrons. The van der Waals surface area contributed by atoms with E-state index in [0.29, 0.717) is 11.4 Å². The van der Waals surface area contributed by atoms with Gasteiger partial charge in [0.05, 0.1) is 25.5 Å². The molecule has 0 aliphatic rings. The lowest BCUT2D eigenvalue weighted by Gasteiger charge is -2.17. The molecule has 8 heteroatoms. The van der Waals surface area contributed by atoms with Crippen LogP contribution in [0.3, 0.4) is 0 Å². The lowest BCUT2D eigenvalue weighted by molar-refractivity contribution is 0.0643. The van der Waals surface area contributed by atoms with Gasteiger partial charge in [-0.1, -0.05) is 24.3 Å². The predicted molar refractivity (Wildman–Crippen MR) is 113 cm³/mol. The zero-order chi connectivity index (χ0) is 21.3. The quantitative estimate of drug-likeness (QED) is 0.514. The van der Waals surface area contributed by atoms with Crippen molar-refractivity contribution < 1.29 is 9.84 Å². The number of rotatable bonds is 6. The molecule has 2 N–H and O–H groups in total. The van der Waals surface area contributed by atoms with Gasteiger partial charge in [-0.3, -0.25) is 9.67 Å². The van der Waals surface area contributed by atoms with Crippen LogP contribution in [0.5, 0.6) is 5.75 Å². The molecule has 0 aliphatic carbocycles. The van der Waals surface area contributed by atoms with Gasteiger partial charge in [0.1, 0.15) is 11.4 Å². The van der Waals surface area contributed by atoms with Crippen LogP contribution in [0.1, 0.15) is 25.2 Å². The van der Waals surface area contributed by atoms with Crippen LogP contribution in [0, 0.1) is 0 Å². The molecule has 0 bridgehead atoms. The Labute approximate surface area is 173 Å². The van der Waals surface area contributed by atoms with Gasteiger partial charge in [0.15, 0.2) is 5.82 Å². The Hall–Kier alpha value is -3.65. The highest BCUT2D eigenvalue weighted by Gasteiger charge is 2.27. The largest absolute Gasteiger partial charge is 0.497 e. The van der Waals surface area contributed by atoms with Crippen LogP contribution in [-0.2, 0) is 12.1 Å². The van der Waals surface area contributed by atoms with Crippen LogP contribution in [0.2, 0.25) is 0 Å². The first-order valence-corrected chi connectivity index (χ1v) is 9.52. The lowest BCUT2D eigenvalue weighted by Crippen LogP contribution is -2.28. The van der Waals surface area contributed by atoms with E-state index in [1.807, 2.05) is 48.5 Å². The first kappa shape index (κ1) is 19.7. The molecule has 4 aromatic rings. The number of hydrogen-bond acceptors (Lipinski definition) is 5. The second-order valence-electron chi connectivity index (χ2n) is 7.55. The minimum Gasteiger partial charge on any atom is -0.497 e. The number of hydrogen-bond donors (Lipinski definition) is 2. The fraction of sp³-hybridized carbons (Fsp3) is 0.227. The van der Waals surface area contributed by atoms with Gasteiger partial charge in [-0.25, -0.2) is 4.79 Å². The molecular formula is C22H23N5O3. The van der Waals surface area contributed by atoms with Gasteiger partial charge < -0.3 is 9.84 Å². The minimum atomic E-state index is -1.29. The molecule has 4 rings (SSSR count). The van der Waals surface area contributed by atoms with Crippen LogP contribution in [-0.4, -0.2) is 36.8 Å². The topological polar surface area (TPSA) is 98.0 Å².